The van der Waals surface area contributed by atoms with E-state index >= 15 is 0 Å². The Hall–Kier alpha value is -6.46. The van der Waals surface area contributed by atoms with E-state index in [1.807, 2.05) is 42.5 Å². The van der Waals surface area contributed by atoms with Crippen molar-refractivity contribution in [2.75, 3.05) is 0 Å². The van der Waals surface area contributed by atoms with Crippen LogP contribution in [0.15, 0.2) is 152 Å². The first-order valence-electron chi connectivity index (χ1n) is 15.8. The molecule has 2 heterocycles. The number of fused-ring (bicyclic) bond motifs is 6. The van der Waals surface area contributed by atoms with Crippen LogP contribution in [0.5, 0.6) is 0 Å². The molecule has 0 spiro atoms. The fourth-order valence-corrected chi connectivity index (χ4v) is 8.23. The molecule has 0 amide bonds. The molecule has 0 unspecified atom stereocenters. The quantitative estimate of drug-likeness (QED) is 0.179. The molecule has 0 radical (unpaired) electrons. The highest BCUT2D eigenvalue weighted by Gasteiger charge is 2.18. The summed E-state index contributed by atoms with van der Waals surface area (Å²) in [6.45, 7) is 8.08. The molecule has 222 valence electrons. The van der Waals surface area contributed by atoms with Gasteiger partial charge in [0.25, 0.3) is 0 Å². The van der Waals surface area contributed by atoms with Gasteiger partial charge in [0.1, 0.15) is 0 Å². The van der Waals surface area contributed by atoms with Crippen LogP contribution in [0, 0.1) is 17.9 Å². The van der Waals surface area contributed by atoms with Gasteiger partial charge in [-0.2, -0.15) is 5.26 Å². The van der Waals surface area contributed by atoms with Gasteiger partial charge in [-0.3, -0.25) is 0 Å². The van der Waals surface area contributed by atoms with Gasteiger partial charge < -0.3 is 4.57 Å². The van der Waals surface area contributed by atoms with Gasteiger partial charge in [-0.15, -0.1) is 11.3 Å². The Morgan fingerprint density at radius 2 is 1.17 bits per heavy atom. The fraction of sp³-hybridized carbons (Fsp3) is 0. The van der Waals surface area contributed by atoms with E-state index in [4.69, 9.17) is 6.57 Å². The molecule has 0 saturated carbocycles. The van der Waals surface area contributed by atoms with Gasteiger partial charge in [-0.05, 0) is 94.5 Å². The second-order valence-corrected chi connectivity index (χ2v) is 13.0. The smallest absolute Gasteiger partial charge is 0.189 e. The normalized spacial score (nSPS) is 11.3. The predicted octanol–water partition coefficient (Wildman–Crippen LogP) is 12.6. The molecule has 0 bridgehead atoms. The van der Waals surface area contributed by atoms with Gasteiger partial charge in [0, 0.05) is 42.2 Å². The third-order valence-corrected chi connectivity index (χ3v) is 10.4. The topological polar surface area (TPSA) is 33.1 Å². The average molecular weight is 628 g/mol. The van der Waals surface area contributed by atoms with Crippen molar-refractivity contribution in [3.05, 3.63) is 169 Å². The standard InChI is InChI=1S/C44H25N3S/c1-46-34-22-31(23-35(26-34)47-41-16-8-5-13-36(41)37-14-6-9-17-42(37)47)32-24-39(44-40(25-32)38-15-7-10-18-43(38)48-44)33-20-28(27-45)19-30(21-33)29-11-3-2-4-12-29/h2-26H. The van der Waals surface area contributed by atoms with Crippen molar-refractivity contribution < 1.29 is 0 Å². The van der Waals surface area contributed by atoms with Crippen molar-refractivity contribution in [3.8, 4) is 45.1 Å². The number of rotatable bonds is 4. The van der Waals surface area contributed by atoms with E-state index in [0.29, 0.717) is 11.3 Å². The van der Waals surface area contributed by atoms with Crippen LogP contribution in [0.25, 0.3) is 85.9 Å². The third kappa shape index (κ3) is 4.48. The molecule has 48 heavy (non-hydrogen) atoms. The largest absolute Gasteiger partial charge is 0.310 e. The zero-order valence-corrected chi connectivity index (χ0v) is 26.5. The van der Waals surface area contributed by atoms with Gasteiger partial charge in [0.2, 0.25) is 0 Å². The Morgan fingerprint density at radius 3 is 1.90 bits per heavy atom. The van der Waals surface area contributed by atoms with E-state index < -0.39 is 0 Å². The van der Waals surface area contributed by atoms with E-state index in [-0.39, 0.29) is 0 Å². The summed E-state index contributed by atoms with van der Waals surface area (Å²) in [5, 5.41) is 14.8. The van der Waals surface area contributed by atoms with Crippen LogP contribution in [-0.2, 0) is 0 Å². The van der Waals surface area contributed by atoms with E-state index in [9.17, 15) is 5.26 Å². The lowest BCUT2D eigenvalue weighted by Crippen LogP contribution is -1.94. The number of benzene rings is 7. The molecule has 0 aliphatic rings. The second kappa shape index (κ2) is 11.1. The Kier molecular flexibility index (Phi) is 6.44. The molecule has 0 aliphatic heterocycles. The summed E-state index contributed by atoms with van der Waals surface area (Å²) in [5.41, 5.74) is 10.5. The highest BCUT2D eigenvalue weighted by atomic mass is 32.1. The lowest BCUT2D eigenvalue weighted by atomic mass is 9.92. The molecule has 0 fully saturated rings. The number of aromatic nitrogens is 1. The van der Waals surface area contributed by atoms with Gasteiger partial charge >= 0.3 is 0 Å². The van der Waals surface area contributed by atoms with Gasteiger partial charge in [-0.25, -0.2) is 4.85 Å². The predicted molar refractivity (Wildman–Crippen MR) is 201 cm³/mol. The van der Waals surface area contributed by atoms with Crippen molar-refractivity contribution in [2.45, 2.75) is 0 Å². The van der Waals surface area contributed by atoms with Crippen LogP contribution in [0.1, 0.15) is 5.56 Å². The summed E-state index contributed by atoms with van der Waals surface area (Å²) in [6, 6.07) is 54.9. The highest BCUT2D eigenvalue weighted by Crippen LogP contribution is 2.44. The molecule has 0 atom stereocenters. The summed E-state index contributed by atoms with van der Waals surface area (Å²) >= 11 is 1.78. The highest BCUT2D eigenvalue weighted by molar-refractivity contribution is 7.26. The third-order valence-electron chi connectivity index (χ3n) is 9.16. The maximum absolute atomic E-state index is 10.1. The minimum atomic E-state index is 0.582. The Balaban J connectivity index is 1.33. The fourth-order valence-electron chi connectivity index (χ4n) is 7.01. The molecule has 7 aromatic carbocycles. The van der Waals surface area contributed by atoms with Gasteiger partial charge in [0.15, 0.2) is 5.69 Å². The van der Waals surface area contributed by atoms with E-state index in [2.05, 4.69) is 125 Å². The van der Waals surface area contributed by atoms with E-state index in [1.165, 1.54) is 30.9 Å². The molecule has 9 rings (SSSR count). The Morgan fingerprint density at radius 1 is 0.542 bits per heavy atom. The van der Waals surface area contributed by atoms with Crippen molar-refractivity contribution in [1.82, 2.24) is 4.57 Å². The minimum Gasteiger partial charge on any atom is -0.310 e. The van der Waals surface area contributed by atoms with Crippen LogP contribution < -0.4 is 0 Å². The first kappa shape index (κ1) is 27.8. The SMILES string of the molecule is [C-]#[N+]c1cc(-c2cc(-c3cc(C#N)cc(-c4ccccc4)c3)c3sc4ccccc4c3c2)cc(-n2c3ccccc3c3ccccc32)c1. The summed E-state index contributed by atoms with van der Waals surface area (Å²) in [5.74, 6) is 0. The van der Waals surface area contributed by atoms with Crippen LogP contribution in [-0.4, -0.2) is 4.57 Å². The minimum absolute atomic E-state index is 0.582. The van der Waals surface area contributed by atoms with E-state index in [0.717, 1.165) is 50.1 Å². The van der Waals surface area contributed by atoms with Crippen molar-refractivity contribution in [3.63, 3.8) is 0 Å². The molecule has 0 N–H and O–H groups in total. The van der Waals surface area contributed by atoms with Crippen molar-refractivity contribution >= 4 is 59.0 Å². The number of nitriles is 1. The number of nitrogens with zero attached hydrogens (tertiary/aromatic N) is 3. The Labute approximate surface area is 281 Å². The second-order valence-electron chi connectivity index (χ2n) is 12.0. The number of hydrogen-bond donors (Lipinski definition) is 0. The van der Waals surface area contributed by atoms with Crippen molar-refractivity contribution in [2.24, 2.45) is 0 Å². The molecular formula is C44H25N3S. The van der Waals surface area contributed by atoms with Gasteiger partial charge in [-0.1, -0.05) is 84.9 Å². The summed E-state index contributed by atoms with van der Waals surface area (Å²) < 4.78 is 4.66. The van der Waals surface area contributed by atoms with Crippen LogP contribution in [0.4, 0.5) is 5.69 Å². The summed E-state index contributed by atoms with van der Waals surface area (Å²) in [6.07, 6.45) is 0. The van der Waals surface area contributed by atoms with Gasteiger partial charge in [0.05, 0.1) is 29.2 Å². The summed E-state index contributed by atoms with van der Waals surface area (Å²) in [7, 11) is 0. The first-order chi connectivity index (χ1) is 23.7. The molecular weight excluding hydrogens is 603 g/mol. The zero-order chi connectivity index (χ0) is 32.2. The number of para-hydroxylation sites is 2. The van der Waals surface area contributed by atoms with Crippen LogP contribution in [0.2, 0.25) is 0 Å². The van der Waals surface area contributed by atoms with Crippen LogP contribution in [0.3, 0.4) is 0 Å². The Bertz CT molecular complexity index is 2750. The summed E-state index contributed by atoms with van der Waals surface area (Å²) in [4.78, 5) is 3.94. The first-order valence-corrected chi connectivity index (χ1v) is 16.6. The number of thiophene rings is 1. The molecule has 9 aromatic rings. The molecule has 0 saturated heterocycles. The van der Waals surface area contributed by atoms with Crippen LogP contribution >= 0.6 is 11.3 Å². The average Bonchev–Trinajstić information content (AvgIpc) is 3.70. The zero-order valence-electron chi connectivity index (χ0n) is 25.7. The molecule has 0 aliphatic carbocycles. The lowest BCUT2D eigenvalue weighted by molar-refractivity contribution is 1.18. The lowest BCUT2D eigenvalue weighted by Gasteiger charge is -2.14. The van der Waals surface area contributed by atoms with E-state index in [1.54, 1.807) is 11.3 Å². The molecule has 2 aromatic heterocycles. The maximum Gasteiger partial charge on any atom is 0.189 e. The van der Waals surface area contributed by atoms with Crippen molar-refractivity contribution in [1.29, 1.82) is 5.26 Å². The number of hydrogen-bond acceptors (Lipinski definition) is 2. The monoisotopic (exact) mass is 627 g/mol. The molecule has 3 nitrogen and oxygen atoms in total. The molecule has 4 heteroatoms. The maximum atomic E-state index is 10.1.